The van der Waals surface area contributed by atoms with E-state index in [9.17, 15) is 18.0 Å². The van der Waals surface area contributed by atoms with Crippen molar-refractivity contribution >= 4 is 21.7 Å². The zero-order valence-corrected chi connectivity index (χ0v) is 15.0. The molecule has 1 amide bonds. The highest BCUT2D eigenvalue weighted by Gasteiger charge is 2.32. The van der Waals surface area contributed by atoms with Crippen molar-refractivity contribution in [3.8, 4) is 0 Å². The first kappa shape index (κ1) is 18.4. The number of rotatable bonds is 5. The first-order valence-corrected chi connectivity index (χ1v) is 9.75. The van der Waals surface area contributed by atoms with Crippen LogP contribution in [0.15, 0.2) is 24.3 Å². The fourth-order valence-electron chi connectivity index (χ4n) is 2.60. The van der Waals surface area contributed by atoms with Crippen LogP contribution in [-0.2, 0) is 19.4 Å². The first-order chi connectivity index (χ1) is 11.2. The van der Waals surface area contributed by atoms with Crippen LogP contribution >= 0.6 is 0 Å². The summed E-state index contributed by atoms with van der Waals surface area (Å²) in [5.41, 5.74) is 1.50. The lowest BCUT2D eigenvalue weighted by molar-refractivity contribution is -0.134. The van der Waals surface area contributed by atoms with Gasteiger partial charge in [-0.15, -0.1) is 0 Å². The van der Waals surface area contributed by atoms with Crippen LogP contribution in [0, 0.1) is 0 Å². The highest BCUT2D eigenvalue weighted by molar-refractivity contribution is 7.91. The molecule has 1 fully saturated rings. The molecule has 0 aliphatic carbocycles. The van der Waals surface area contributed by atoms with E-state index in [2.05, 4.69) is 13.8 Å². The molecule has 0 bridgehead atoms. The summed E-state index contributed by atoms with van der Waals surface area (Å²) in [4.78, 5) is 25.4. The predicted octanol–water partition coefficient (Wildman–Crippen LogP) is 1.61. The number of sulfone groups is 1. The molecule has 1 saturated heterocycles. The van der Waals surface area contributed by atoms with E-state index in [0.717, 1.165) is 5.56 Å². The Morgan fingerprint density at radius 1 is 1.25 bits per heavy atom. The van der Waals surface area contributed by atoms with Gasteiger partial charge >= 0.3 is 5.97 Å². The molecule has 0 N–H and O–H groups in total. The maximum atomic E-state index is 12.1. The molecule has 0 aromatic heterocycles. The maximum absolute atomic E-state index is 12.1. The van der Waals surface area contributed by atoms with Gasteiger partial charge in [-0.25, -0.2) is 13.2 Å². The molecular weight excluding hydrogens is 330 g/mol. The Kier molecular flexibility index (Phi) is 5.64. The summed E-state index contributed by atoms with van der Waals surface area (Å²) >= 11 is 0. The Bertz CT molecular complexity index is 709. The molecule has 6 nitrogen and oxygen atoms in total. The van der Waals surface area contributed by atoms with Crippen LogP contribution in [-0.4, -0.2) is 56.4 Å². The quantitative estimate of drug-likeness (QED) is 0.751. The van der Waals surface area contributed by atoms with E-state index in [0.29, 0.717) is 17.9 Å². The average Bonchev–Trinajstić information content (AvgIpc) is 2.91. The van der Waals surface area contributed by atoms with Crippen molar-refractivity contribution in [2.75, 3.05) is 25.2 Å². The summed E-state index contributed by atoms with van der Waals surface area (Å²) < 4.78 is 28.0. The van der Waals surface area contributed by atoms with E-state index in [-0.39, 0.29) is 17.5 Å². The van der Waals surface area contributed by atoms with Crippen molar-refractivity contribution < 1.29 is 22.7 Å². The summed E-state index contributed by atoms with van der Waals surface area (Å²) in [6.07, 6.45) is 0.426. The number of likely N-dealkylation sites (N-methyl/N-ethyl adjacent to an activating group) is 1. The van der Waals surface area contributed by atoms with Crippen LogP contribution in [0.5, 0.6) is 0 Å². The number of ether oxygens (including phenoxy) is 1. The molecule has 7 heteroatoms. The van der Waals surface area contributed by atoms with Crippen molar-refractivity contribution in [3.63, 3.8) is 0 Å². The first-order valence-electron chi connectivity index (χ1n) is 7.93. The van der Waals surface area contributed by atoms with Crippen molar-refractivity contribution in [3.05, 3.63) is 35.4 Å². The summed E-state index contributed by atoms with van der Waals surface area (Å²) in [5, 5.41) is 0. The van der Waals surface area contributed by atoms with E-state index in [1.54, 1.807) is 19.2 Å². The molecule has 1 aliphatic heterocycles. The molecule has 24 heavy (non-hydrogen) atoms. The van der Waals surface area contributed by atoms with E-state index >= 15 is 0 Å². The molecule has 1 aliphatic rings. The fraction of sp³-hybridized carbons (Fsp3) is 0.529. The van der Waals surface area contributed by atoms with Gasteiger partial charge in [-0.3, -0.25) is 4.79 Å². The molecule has 1 heterocycles. The highest BCUT2D eigenvalue weighted by atomic mass is 32.2. The smallest absolute Gasteiger partial charge is 0.338 e. The van der Waals surface area contributed by atoms with Gasteiger partial charge in [-0.05, 0) is 30.0 Å². The Morgan fingerprint density at radius 2 is 1.88 bits per heavy atom. The van der Waals surface area contributed by atoms with Crippen LogP contribution < -0.4 is 0 Å². The van der Waals surface area contributed by atoms with Gasteiger partial charge in [0.15, 0.2) is 16.4 Å². The number of nitrogens with zero attached hydrogens (tertiary/aromatic N) is 1. The number of hydrogen-bond acceptors (Lipinski definition) is 5. The Balaban J connectivity index is 1.88. The third-order valence-corrected chi connectivity index (χ3v) is 6.04. The number of amides is 1. The van der Waals surface area contributed by atoms with Crippen LogP contribution in [0.1, 0.15) is 42.1 Å². The lowest BCUT2D eigenvalue weighted by Crippen LogP contribution is -2.40. The second kappa shape index (κ2) is 7.34. The third-order valence-electron chi connectivity index (χ3n) is 4.29. The minimum absolute atomic E-state index is 0.0279. The molecule has 132 valence electrons. The normalized spacial score (nSPS) is 19.2. The molecule has 0 radical (unpaired) electrons. The van der Waals surface area contributed by atoms with Gasteiger partial charge in [0.25, 0.3) is 5.91 Å². The van der Waals surface area contributed by atoms with Gasteiger partial charge in [0.05, 0.1) is 17.1 Å². The van der Waals surface area contributed by atoms with Crippen molar-refractivity contribution in [1.82, 2.24) is 4.90 Å². The number of carbonyl (C=O) groups is 2. The maximum Gasteiger partial charge on any atom is 0.338 e. The van der Waals surface area contributed by atoms with Crippen molar-refractivity contribution in [2.45, 2.75) is 32.2 Å². The van der Waals surface area contributed by atoms with E-state index < -0.39 is 28.3 Å². The third kappa shape index (κ3) is 4.56. The van der Waals surface area contributed by atoms with Crippen molar-refractivity contribution in [1.29, 1.82) is 0 Å². The standard InChI is InChI=1S/C17H23NO5S/c1-12(2)13-4-6-14(7-5-13)17(20)23-10-16(19)18(3)15-8-9-24(21,22)11-15/h4-7,12,15H,8-11H2,1-3H3/t15-/m1/s1. The van der Waals surface area contributed by atoms with Gasteiger partial charge < -0.3 is 9.64 Å². The van der Waals surface area contributed by atoms with E-state index in [4.69, 9.17) is 4.74 Å². The van der Waals surface area contributed by atoms with Crippen LogP contribution in [0.3, 0.4) is 0 Å². The van der Waals surface area contributed by atoms with Crippen LogP contribution in [0.2, 0.25) is 0 Å². The second-order valence-corrected chi connectivity index (χ2v) is 8.64. The van der Waals surface area contributed by atoms with Gasteiger partial charge in [0.2, 0.25) is 0 Å². The molecule has 0 spiro atoms. The lowest BCUT2D eigenvalue weighted by Gasteiger charge is -2.23. The average molecular weight is 353 g/mol. The molecular formula is C17H23NO5S. The van der Waals surface area contributed by atoms with Gasteiger partial charge in [0, 0.05) is 13.1 Å². The van der Waals surface area contributed by atoms with Gasteiger partial charge in [-0.1, -0.05) is 26.0 Å². The highest BCUT2D eigenvalue weighted by Crippen LogP contribution is 2.17. The Morgan fingerprint density at radius 3 is 2.38 bits per heavy atom. The second-order valence-electron chi connectivity index (χ2n) is 6.41. The number of esters is 1. The molecule has 1 atom stereocenters. The molecule has 2 rings (SSSR count). The number of hydrogen-bond donors (Lipinski definition) is 0. The molecule has 0 saturated carbocycles. The van der Waals surface area contributed by atoms with Crippen LogP contribution in [0.4, 0.5) is 0 Å². The van der Waals surface area contributed by atoms with Crippen molar-refractivity contribution in [2.24, 2.45) is 0 Å². The molecule has 0 unspecified atom stereocenters. The minimum Gasteiger partial charge on any atom is -0.452 e. The Hall–Kier alpha value is -1.89. The summed E-state index contributed by atoms with van der Waals surface area (Å²) in [7, 11) is -1.52. The zero-order chi connectivity index (χ0) is 17.9. The van der Waals surface area contributed by atoms with Gasteiger partial charge in [-0.2, -0.15) is 0 Å². The fourth-order valence-corrected chi connectivity index (χ4v) is 4.38. The van der Waals surface area contributed by atoms with E-state index in [1.165, 1.54) is 4.90 Å². The van der Waals surface area contributed by atoms with Gasteiger partial charge in [0.1, 0.15) is 0 Å². The monoisotopic (exact) mass is 353 g/mol. The number of benzene rings is 1. The Labute approximate surface area is 142 Å². The largest absolute Gasteiger partial charge is 0.452 e. The topological polar surface area (TPSA) is 80.8 Å². The summed E-state index contributed by atoms with van der Waals surface area (Å²) in [6.45, 7) is 3.73. The number of carbonyl (C=O) groups excluding carboxylic acids is 2. The zero-order valence-electron chi connectivity index (χ0n) is 14.2. The summed E-state index contributed by atoms with van der Waals surface area (Å²) in [6, 6.07) is 6.73. The van der Waals surface area contributed by atoms with E-state index in [1.807, 2.05) is 12.1 Å². The predicted molar refractivity (Wildman–Crippen MR) is 90.6 cm³/mol. The lowest BCUT2D eigenvalue weighted by atomic mass is 10.0. The summed E-state index contributed by atoms with van der Waals surface area (Å²) in [5.74, 6) is -0.528. The minimum atomic E-state index is -3.06. The molecule has 1 aromatic carbocycles. The van der Waals surface area contributed by atoms with Crippen LogP contribution in [0.25, 0.3) is 0 Å². The SMILES string of the molecule is CC(C)c1ccc(C(=O)OCC(=O)N(C)[C@@H]2CCS(=O)(=O)C2)cc1. The molecule has 1 aromatic rings.